The minimum Gasteiger partial charge on any atom is -0.355 e. The Morgan fingerprint density at radius 2 is 2.05 bits per heavy atom. The molecule has 5 N–H and O–H groups in total. The van der Waals surface area contributed by atoms with E-state index in [9.17, 15) is 14.4 Å². The summed E-state index contributed by atoms with van der Waals surface area (Å²) in [7, 11) is 0. The zero-order valence-corrected chi connectivity index (χ0v) is 12.5. The molecule has 1 unspecified atom stereocenters. The summed E-state index contributed by atoms with van der Waals surface area (Å²) in [5.74, 6) is -0.499. The lowest BCUT2D eigenvalue weighted by atomic mass is 9.97. The molecule has 21 heavy (non-hydrogen) atoms. The van der Waals surface area contributed by atoms with Crippen LogP contribution >= 0.6 is 0 Å². The first-order valence-corrected chi connectivity index (χ1v) is 7.34. The van der Waals surface area contributed by atoms with Crippen molar-refractivity contribution >= 4 is 17.8 Å². The van der Waals surface area contributed by atoms with Gasteiger partial charge in [-0.05, 0) is 26.3 Å². The van der Waals surface area contributed by atoms with Gasteiger partial charge in [0.05, 0.1) is 12.5 Å². The number of nitrogens with zero attached hydrogens (tertiary/aromatic N) is 1. The Morgan fingerprint density at radius 1 is 1.29 bits per heavy atom. The molecule has 1 heterocycles. The van der Waals surface area contributed by atoms with Gasteiger partial charge < -0.3 is 16.4 Å². The molecule has 1 fully saturated rings. The molecule has 8 heteroatoms. The molecule has 0 aromatic carbocycles. The Morgan fingerprint density at radius 3 is 2.71 bits per heavy atom. The molecule has 1 atom stereocenters. The highest BCUT2D eigenvalue weighted by atomic mass is 16.2. The van der Waals surface area contributed by atoms with Crippen LogP contribution in [0.3, 0.4) is 0 Å². The van der Waals surface area contributed by atoms with Crippen LogP contribution in [0.4, 0.5) is 4.79 Å². The van der Waals surface area contributed by atoms with E-state index >= 15 is 0 Å². The Balaban J connectivity index is 2.36. The maximum atomic E-state index is 11.9. The molecule has 0 saturated carbocycles. The summed E-state index contributed by atoms with van der Waals surface area (Å²) >= 11 is 0. The minimum absolute atomic E-state index is 0.0192. The highest BCUT2D eigenvalue weighted by molar-refractivity contribution is 5.95. The Kier molecular flexibility index (Phi) is 7.70. The fourth-order valence-electron chi connectivity index (χ4n) is 2.33. The van der Waals surface area contributed by atoms with Gasteiger partial charge >= 0.3 is 6.03 Å². The third-order valence-electron chi connectivity index (χ3n) is 3.28. The first kappa shape index (κ1) is 17.4. The number of imide groups is 1. The van der Waals surface area contributed by atoms with Crippen molar-refractivity contribution in [2.75, 3.05) is 39.3 Å². The largest absolute Gasteiger partial charge is 0.355 e. The number of hydrogen-bond donors (Lipinski definition) is 4. The normalized spacial score (nSPS) is 18.9. The molecule has 1 aliphatic heterocycles. The van der Waals surface area contributed by atoms with Crippen LogP contribution in [0.5, 0.6) is 0 Å². The molecule has 0 aromatic rings. The molecule has 1 aliphatic rings. The van der Waals surface area contributed by atoms with Gasteiger partial charge in [0, 0.05) is 26.2 Å². The van der Waals surface area contributed by atoms with Crippen molar-refractivity contribution in [3.63, 3.8) is 0 Å². The second kappa shape index (κ2) is 9.30. The molecular formula is C13H25N5O3. The number of likely N-dealkylation sites (tertiary alicyclic amines) is 1. The van der Waals surface area contributed by atoms with E-state index in [4.69, 9.17) is 5.73 Å². The average molecular weight is 299 g/mol. The van der Waals surface area contributed by atoms with Crippen molar-refractivity contribution < 1.29 is 14.4 Å². The van der Waals surface area contributed by atoms with Gasteiger partial charge in [-0.2, -0.15) is 0 Å². The first-order valence-electron chi connectivity index (χ1n) is 7.34. The third-order valence-corrected chi connectivity index (χ3v) is 3.28. The van der Waals surface area contributed by atoms with Crippen LogP contribution in [0.15, 0.2) is 0 Å². The predicted molar refractivity (Wildman–Crippen MR) is 78.4 cm³/mol. The topological polar surface area (TPSA) is 117 Å². The number of carbonyl (C=O) groups excluding carboxylic acids is 3. The fraction of sp³-hybridized carbons (Fsp3) is 0.769. The molecule has 1 saturated heterocycles. The predicted octanol–water partition coefficient (Wildman–Crippen LogP) is -1.38. The maximum Gasteiger partial charge on any atom is 0.321 e. The molecule has 0 aliphatic carbocycles. The smallest absolute Gasteiger partial charge is 0.321 e. The Hall–Kier alpha value is -1.67. The second-order valence-corrected chi connectivity index (χ2v) is 5.06. The van der Waals surface area contributed by atoms with E-state index in [-0.39, 0.29) is 24.3 Å². The van der Waals surface area contributed by atoms with E-state index in [0.29, 0.717) is 26.2 Å². The molecule has 1 rings (SSSR count). The quantitative estimate of drug-likeness (QED) is 0.482. The van der Waals surface area contributed by atoms with Crippen LogP contribution in [-0.4, -0.2) is 62.0 Å². The van der Waals surface area contributed by atoms with E-state index in [0.717, 1.165) is 19.4 Å². The molecule has 4 amide bonds. The number of nitrogens with one attached hydrogen (secondary N) is 3. The van der Waals surface area contributed by atoms with Crippen molar-refractivity contribution in [2.24, 2.45) is 11.7 Å². The molecular weight excluding hydrogens is 274 g/mol. The van der Waals surface area contributed by atoms with Crippen LogP contribution in [0.25, 0.3) is 0 Å². The van der Waals surface area contributed by atoms with Crippen molar-refractivity contribution in [3.8, 4) is 0 Å². The van der Waals surface area contributed by atoms with E-state index in [1.807, 2.05) is 4.90 Å². The SMILES string of the molecule is CCNC(=O)NC(=O)CN1CCCC(C(=O)NCCN)C1. The van der Waals surface area contributed by atoms with E-state index < -0.39 is 6.03 Å². The number of hydrogen-bond acceptors (Lipinski definition) is 5. The minimum atomic E-state index is -0.489. The summed E-state index contributed by atoms with van der Waals surface area (Å²) < 4.78 is 0. The van der Waals surface area contributed by atoms with E-state index in [2.05, 4.69) is 16.0 Å². The van der Waals surface area contributed by atoms with Crippen molar-refractivity contribution in [1.29, 1.82) is 0 Å². The van der Waals surface area contributed by atoms with Gasteiger partial charge in [0.1, 0.15) is 0 Å². The van der Waals surface area contributed by atoms with Crippen molar-refractivity contribution in [1.82, 2.24) is 20.9 Å². The number of urea groups is 1. The summed E-state index contributed by atoms with van der Waals surface area (Å²) in [6.07, 6.45) is 1.67. The summed E-state index contributed by atoms with van der Waals surface area (Å²) in [4.78, 5) is 36.7. The van der Waals surface area contributed by atoms with Crippen LogP contribution in [0.1, 0.15) is 19.8 Å². The van der Waals surface area contributed by atoms with E-state index in [1.165, 1.54) is 0 Å². The highest BCUT2D eigenvalue weighted by Gasteiger charge is 2.26. The van der Waals surface area contributed by atoms with Crippen LogP contribution in [-0.2, 0) is 9.59 Å². The van der Waals surface area contributed by atoms with Gasteiger partial charge in [0.2, 0.25) is 11.8 Å². The number of piperidine rings is 1. The maximum absolute atomic E-state index is 11.9. The van der Waals surface area contributed by atoms with Crippen LogP contribution < -0.4 is 21.7 Å². The van der Waals surface area contributed by atoms with E-state index in [1.54, 1.807) is 6.92 Å². The van der Waals surface area contributed by atoms with Gasteiger partial charge in [0.25, 0.3) is 0 Å². The molecule has 0 bridgehead atoms. The second-order valence-electron chi connectivity index (χ2n) is 5.06. The van der Waals surface area contributed by atoms with Crippen molar-refractivity contribution in [2.45, 2.75) is 19.8 Å². The number of amides is 4. The zero-order valence-electron chi connectivity index (χ0n) is 12.5. The van der Waals surface area contributed by atoms with Crippen LogP contribution in [0.2, 0.25) is 0 Å². The first-order chi connectivity index (χ1) is 10.1. The number of carbonyl (C=O) groups is 3. The lowest BCUT2D eigenvalue weighted by Gasteiger charge is -2.31. The van der Waals surface area contributed by atoms with Crippen LogP contribution in [0, 0.1) is 5.92 Å². The number of rotatable bonds is 6. The molecule has 0 spiro atoms. The number of nitrogens with two attached hydrogens (primary N) is 1. The van der Waals surface area contributed by atoms with Gasteiger partial charge in [-0.25, -0.2) is 4.79 Å². The summed E-state index contributed by atoms with van der Waals surface area (Å²) in [6, 6.07) is -0.489. The molecule has 0 radical (unpaired) electrons. The highest BCUT2D eigenvalue weighted by Crippen LogP contribution is 2.16. The lowest BCUT2D eigenvalue weighted by Crippen LogP contribution is -2.49. The Labute approximate surface area is 124 Å². The third kappa shape index (κ3) is 6.54. The molecule has 120 valence electrons. The summed E-state index contributed by atoms with van der Waals surface area (Å²) in [5.41, 5.74) is 5.35. The zero-order chi connectivity index (χ0) is 15.7. The Bertz CT molecular complexity index is 375. The monoisotopic (exact) mass is 299 g/mol. The van der Waals surface area contributed by atoms with Gasteiger partial charge in [0.15, 0.2) is 0 Å². The summed E-state index contributed by atoms with van der Waals surface area (Å²) in [5, 5.41) is 7.53. The average Bonchev–Trinajstić information content (AvgIpc) is 2.45. The van der Waals surface area contributed by atoms with Gasteiger partial charge in [-0.15, -0.1) is 0 Å². The molecule has 0 aromatic heterocycles. The summed E-state index contributed by atoms with van der Waals surface area (Å²) in [6.45, 7) is 4.52. The van der Waals surface area contributed by atoms with Gasteiger partial charge in [-0.3, -0.25) is 19.8 Å². The standard InChI is InChI=1S/C13H25N5O3/c1-2-15-13(21)17-11(19)9-18-7-3-4-10(8-18)12(20)16-6-5-14/h10H,2-9,14H2,1H3,(H,16,20)(H2,15,17,19,21). The fourth-order valence-corrected chi connectivity index (χ4v) is 2.33. The van der Waals surface area contributed by atoms with Crippen molar-refractivity contribution in [3.05, 3.63) is 0 Å². The lowest BCUT2D eigenvalue weighted by molar-refractivity contribution is -0.128. The molecule has 8 nitrogen and oxygen atoms in total. The van der Waals surface area contributed by atoms with Gasteiger partial charge in [-0.1, -0.05) is 0 Å².